The molecule has 1 aliphatic heterocycles. The number of hydrogen-bond donors (Lipinski definition) is 1. The molecule has 2 aromatic heterocycles. The monoisotopic (exact) mass is 346 g/mol. The molecule has 4 nitrogen and oxygen atoms in total. The van der Waals surface area contributed by atoms with Crippen LogP contribution in [0.1, 0.15) is 66.0 Å². The molecule has 1 fully saturated rings. The zero-order valence-corrected chi connectivity index (χ0v) is 14.9. The Balaban J connectivity index is 1.45. The maximum Gasteiger partial charge on any atom is 0.132 e. The summed E-state index contributed by atoms with van der Waals surface area (Å²) in [7, 11) is 0. The average molecular weight is 346 g/mol. The largest absolute Gasteiger partial charge is 0.467 e. The molecule has 2 aliphatic rings. The van der Waals surface area contributed by atoms with Crippen molar-refractivity contribution in [3.05, 3.63) is 39.7 Å². The molecule has 3 heterocycles. The number of aliphatic hydroxyl groups is 1. The summed E-state index contributed by atoms with van der Waals surface area (Å²) in [5.41, 5.74) is 1.34. The minimum absolute atomic E-state index is 0.409. The summed E-state index contributed by atoms with van der Waals surface area (Å²) in [5, 5.41) is 11.8. The SMILES string of the molecule is OC(CC1CCCCCN1Cc1nc2c(s1)CCC2)c1ccco1. The average Bonchev–Trinajstić information content (AvgIpc) is 3.26. The molecule has 2 aromatic rings. The lowest BCUT2D eigenvalue weighted by Gasteiger charge is -2.30. The number of nitrogens with zero attached hydrogens (tertiary/aromatic N) is 2. The van der Waals surface area contributed by atoms with Gasteiger partial charge in [0.15, 0.2) is 0 Å². The van der Waals surface area contributed by atoms with Crippen LogP contribution in [0.4, 0.5) is 0 Å². The molecule has 1 saturated heterocycles. The maximum atomic E-state index is 10.5. The molecule has 0 amide bonds. The molecule has 0 aromatic carbocycles. The van der Waals surface area contributed by atoms with Crippen molar-refractivity contribution in [3.8, 4) is 0 Å². The summed E-state index contributed by atoms with van der Waals surface area (Å²) in [6.45, 7) is 2.05. The lowest BCUT2D eigenvalue weighted by atomic mass is 10.0. The van der Waals surface area contributed by atoms with Gasteiger partial charge in [-0.05, 0) is 57.2 Å². The van der Waals surface area contributed by atoms with Gasteiger partial charge in [0.1, 0.15) is 16.9 Å². The third kappa shape index (κ3) is 3.58. The number of aromatic nitrogens is 1. The van der Waals surface area contributed by atoms with Gasteiger partial charge in [-0.3, -0.25) is 4.90 Å². The minimum Gasteiger partial charge on any atom is -0.467 e. The fourth-order valence-electron chi connectivity index (χ4n) is 4.05. The highest BCUT2D eigenvalue weighted by molar-refractivity contribution is 7.11. The molecule has 5 heteroatoms. The summed E-state index contributed by atoms with van der Waals surface area (Å²) in [6.07, 6.45) is 10.5. The maximum absolute atomic E-state index is 10.5. The van der Waals surface area contributed by atoms with E-state index in [9.17, 15) is 5.11 Å². The summed E-state index contributed by atoms with van der Waals surface area (Å²) in [5.74, 6) is 0.687. The third-order valence-electron chi connectivity index (χ3n) is 5.34. The highest BCUT2D eigenvalue weighted by atomic mass is 32.1. The number of rotatable bonds is 5. The number of furan rings is 1. The van der Waals surface area contributed by atoms with E-state index in [4.69, 9.17) is 9.40 Å². The highest BCUT2D eigenvalue weighted by Gasteiger charge is 2.27. The molecule has 0 saturated carbocycles. The lowest BCUT2D eigenvalue weighted by molar-refractivity contribution is 0.0830. The van der Waals surface area contributed by atoms with Gasteiger partial charge in [-0.2, -0.15) is 0 Å². The first-order chi connectivity index (χ1) is 11.8. The van der Waals surface area contributed by atoms with E-state index in [1.54, 1.807) is 6.26 Å². The molecule has 130 valence electrons. The number of hydrogen-bond acceptors (Lipinski definition) is 5. The van der Waals surface area contributed by atoms with Crippen molar-refractivity contribution >= 4 is 11.3 Å². The van der Waals surface area contributed by atoms with Crippen LogP contribution in [-0.2, 0) is 19.4 Å². The molecule has 0 spiro atoms. The smallest absolute Gasteiger partial charge is 0.132 e. The predicted molar refractivity (Wildman–Crippen MR) is 95.1 cm³/mol. The lowest BCUT2D eigenvalue weighted by Crippen LogP contribution is -2.35. The van der Waals surface area contributed by atoms with E-state index in [0.717, 1.165) is 32.4 Å². The number of thiazole rings is 1. The summed E-state index contributed by atoms with van der Waals surface area (Å²) in [6, 6.07) is 4.13. The first-order valence-corrected chi connectivity index (χ1v) is 10.0. The fourth-order valence-corrected chi connectivity index (χ4v) is 5.23. The number of aliphatic hydroxyl groups excluding tert-OH is 1. The van der Waals surface area contributed by atoms with Gasteiger partial charge in [0.2, 0.25) is 0 Å². The Morgan fingerprint density at radius 2 is 2.25 bits per heavy atom. The second kappa shape index (κ2) is 7.38. The van der Waals surface area contributed by atoms with E-state index >= 15 is 0 Å². The summed E-state index contributed by atoms with van der Waals surface area (Å²) >= 11 is 1.91. The van der Waals surface area contributed by atoms with Crippen LogP contribution < -0.4 is 0 Å². The Morgan fingerprint density at radius 1 is 1.29 bits per heavy atom. The van der Waals surface area contributed by atoms with Gasteiger partial charge in [-0.25, -0.2) is 4.98 Å². The van der Waals surface area contributed by atoms with E-state index in [2.05, 4.69) is 4.90 Å². The van der Waals surface area contributed by atoms with Crippen molar-refractivity contribution in [1.29, 1.82) is 0 Å². The van der Waals surface area contributed by atoms with Crippen LogP contribution in [0.15, 0.2) is 22.8 Å². The highest BCUT2D eigenvalue weighted by Crippen LogP contribution is 2.31. The predicted octanol–water partition coefficient (Wildman–Crippen LogP) is 4.09. The molecule has 2 atom stereocenters. The molecule has 0 bridgehead atoms. The second-order valence-electron chi connectivity index (χ2n) is 7.07. The van der Waals surface area contributed by atoms with Crippen molar-refractivity contribution in [1.82, 2.24) is 9.88 Å². The van der Waals surface area contributed by atoms with E-state index in [1.165, 1.54) is 47.7 Å². The van der Waals surface area contributed by atoms with Gasteiger partial charge in [0.05, 0.1) is 18.5 Å². The number of aryl methyl sites for hydroxylation is 2. The first kappa shape index (κ1) is 16.3. The first-order valence-electron chi connectivity index (χ1n) is 9.22. The minimum atomic E-state index is -0.507. The van der Waals surface area contributed by atoms with Gasteiger partial charge < -0.3 is 9.52 Å². The van der Waals surface area contributed by atoms with Crippen molar-refractivity contribution in [2.24, 2.45) is 0 Å². The molecule has 1 aliphatic carbocycles. The third-order valence-corrected chi connectivity index (χ3v) is 6.49. The summed E-state index contributed by atoms with van der Waals surface area (Å²) < 4.78 is 5.38. The number of fused-ring (bicyclic) bond motifs is 1. The van der Waals surface area contributed by atoms with Crippen LogP contribution in [0.2, 0.25) is 0 Å². The van der Waals surface area contributed by atoms with Crippen LogP contribution >= 0.6 is 11.3 Å². The fraction of sp³-hybridized carbons (Fsp3) is 0.632. The Bertz CT molecular complexity index is 631. The van der Waals surface area contributed by atoms with E-state index in [-0.39, 0.29) is 0 Å². The Morgan fingerprint density at radius 3 is 3.08 bits per heavy atom. The number of likely N-dealkylation sites (tertiary alicyclic amines) is 1. The van der Waals surface area contributed by atoms with Crippen molar-refractivity contribution in [2.45, 2.75) is 70.1 Å². The topological polar surface area (TPSA) is 49.5 Å². The molecule has 24 heavy (non-hydrogen) atoms. The Labute approximate surface area is 147 Å². The van der Waals surface area contributed by atoms with Crippen LogP contribution in [0, 0.1) is 0 Å². The van der Waals surface area contributed by atoms with E-state index < -0.39 is 6.10 Å². The van der Waals surface area contributed by atoms with Gasteiger partial charge in [0.25, 0.3) is 0 Å². The molecule has 1 N–H and O–H groups in total. The van der Waals surface area contributed by atoms with Crippen LogP contribution in [0.25, 0.3) is 0 Å². The normalized spacial score (nSPS) is 23.1. The Kier molecular flexibility index (Phi) is 5.01. The summed E-state index contributed by atoms with van der Waals surface area (Å²) in [4.78, 5) is 8.93. The molecule has 2 unspecified atom stereocenters. The van der Waals surface area contributed by atoms with E-state index in [1.807, 2.05) is 23.5 Å². The van der Waals surface area contributed by atoms with Crippen LogP contribution in [-0.4, -0.2) is 27.6 Å². The van der Waals surface area contributed by atoms with Crippen LogP contribution in [0.3, 0.4) is 0 Å². The zero-order chi connectivity index (χ0) is 16.4. The van der Waals surface area contributed by atoms with E-state index in [0.29, 0.717) is 11.8 Å². The Hall–Kier alpha value is -1.17. The quantitative estimate of drug-likeness (QED) is 0.886. The van der Waals surface area contributed by atoms with Gasteiger partial charge in [0, 0.05) is 10.9 Å². The second-order valence-corrected chi connectivity index (χ2v) is 8.24. The molecular formula is C19H26N2O2S. The molecule has 0 radical (unpaired) electrons. The van der Waals surface area contributed by atoms with Gasteiger partial charge in [-0.15, -0.1) is 11.3 Å². The molecule has 4 rings (SSSR count). The van der Waals surface area contributed by atoms with Crippen molar-refractivity contribution < 1.29 is 9.52 Å². The van der Waals surface area contributed by atoms with Gasteiger partial charge >= 0.3 is 0 Å². The van der Waals surface area contributed by atoms with Gasteiger partial charge in [-0.1, -0.05) is 12.8 Å². The van der Waals surface area contributed by atoms with Crippen LogP contribution in [0.5, 0.6) is 0 Å². The zero-order valence-electron chi connectivity index (χ0n) is 14.1. The van der Waals surface area contributed by atoms with Crippen molar-refractivity contribution in [3.63, 3.8) is 0 Å². The molecular weight excluding hydrogens is 320 g/mol. The van der Waals surface area contributed by atoms with Crippen molar-refractivity contribution in [2.75, 3.05) is 6.54 Å². The standard InChI is InChI=1S/C19H26N2O2S/c22-16(17-8-5-11-23-17)12-14-6-2-1-3-10-21(14)13-19-20-15-7-4-9-18(15)24-19/h5,8,11,14,16,22H,1-4,6-7,9-10,12-13H2.